The van der Waals surface area contributed by atoms with Gasteiger partial charge < -0.3 is 10.4 Å². The van der Waals surface area contributed by atoms with Crippen LogP contribution in [0, 0.1) is 17.7 Å². The minimum Gasteiger partial charge on any atom is -0.390 e. The van der Waals surface area contributed by atoms with Crippen LogP contribution in [0.4, 0.5) is 4.39 Å². The van der Waals surface area contributed by atoms with E-state index in [0.717, 1.165) is 5.56 Å². The zero-order valence-electron chi connectivity index (χ0n) is 16.5. The molecule has 2 heterocycles. The van der Waals surface area contributed by atoms with E-state index in [0.29, 0.717) is 36.7 Å². The van der Waals surface area contributed by atoms with Crippen LogP contribution in [-0.2, 0) is 11.3 Å². The van der Waals surface area contributed by atoms with Gasteiger partial charge in [-0.3, -0.25) is 14.5 Å². The molecule has 2 aromatic carbocycles. The van der Waals surface area contributed by atoms with Gasteiger partial charge in [-0.25, -0.2) is 4.39 Å². The fraction of sp³-hybridized carbons (Fsp3) is 0.391. The third-order valence-electron chi connectivity index (χ3n) is 5.82. The van der Waals surface area contributed by atoms with Crippen molar-refractivity contribution in [3.63, 3.8) is 0 Å². The minimum atomic E-state index is -0.563. The first kappa shape index (κ1) is 21.0. The van der Waals surface area contributed by atoms with Crippen LogP contribution in [-0.4, -0.2) is 58.4 Å². The van der Waals surface area contributed by atoms with Gasteiger partial charge in [-0.1, -0.05) is 30.3 Å². The number of nitrogens with one attached hydrogen (secondary N) is 1. The van der Waals surface area contributed by atoms with E-state index < -0.39 is 23.8 Å². The molecule has 0 radical (unpaired) electrons. The molecule has 2 N–H and O–H groups in total. The van der Waals surface area contributed by atoms with Crippen molar-refractivity contribution < 1.29 is 19.1 Å². The molecular weight excluding hydrogens is 403 g/mol. The van der Waals surface area contributed by atoms with Gasteiger partial charge in [0.15, 0.2) is 5.78 Å². The Hall–Kier alpha value is -2.22. The Kier molecular flexibility index (Phi) is 6.51. The molecule has 2 saturated heterocycles. The molecule has 4 rings (SSSR count). The average molecular weight is 429 g/mol. The number of carbonyl (C=O) groups is 2. The van der Waals surface area contributed by atoms with E-state index in [1.807, 2.05) is 30.3 Å². The van der Waals surface area contributed by atoms with Crippen LogP contribution in [0.5, 0.6) is 0 Å². The fourth-order valence-electron chi connectivity index (χ4n) is 4.19. The van der Waals surface area contributed by atoms with Crippen LogP contribution >= 0.6 is 11.8 Å². The number of carbonyl (C=O) groups excluding carboxylic acids is 2. The van der Waals surface area contributed by atoms with Crippen LogP contribution in [0.2, 0.25) is 0 Å². The lowest BCUT2D eigenvalue weighted by Crippen LogP contribution is -2.47. The van der Waals surface area contributed by atoms with Gasteiger partial charge in [-0.2, -0.15) is 11.8 Å². The van der Waals surface area contributed by atoms with E-state index in [9.17, 15) is 19.1 Å². The highest BCUT2D eigenvalue weighted by Crippen LogP contribution is 2.29. The minimum absolute atomic E-state index is 0.146. The molecule has 0 bridgehead atoms. The first-order valence-corrected chi connectivity index (χ1v) is 11.3. The summed E-state index contributed by atoms with van der Waals surface area (Å²) in [5, 5.41) is 13.0. The number of amides is 1. The molecule has 0 spiro atoms. The summed E-state index contributed by atoms with van der Waals surface area (Å²) in [6, 6.07) is 15.1. The number of benzene rings is 2. The molecule has 2 aromatic rings. The van der Waals surface area contributed by atoms with Crippen LogP contribution in [0.1, 0.15) is 15.9 Å². The van der Waals surface area contributed by atoms with Gasteiger partial charge in [0.2, 0.25) is 5.91 Å². The van der Waals surface area contributed by atoms with E-state index in [-0.39, 0.29) is 17.7 Å². The Labute approximate surface area is 179 Å². The summed E-state index contributed by atoms with van der Waals surface area (Å²) in [6.45, 7) is 1.58. The van der Waals surface area contributed by atoms with Gasteiger partial charge in [0, 0.05) is 42.6 Å². The molecular formula is C23H25FN2O3S. The summed E-state index contributed by atoms with van der Waals surface area (Å²) in [7, 11) is 0. The van der Waals surface area contributed by atoms with Crippen molar-refractivity contribution in [1.82, 2.24) is 10.2 Å². The Morgan fingerprint density at radius 1 is 1.03 bits per heavy atom. The zero-order chi connectivity index (χ0) is 21.1. The van der Waals surface area contributed by atoms with Crippen LogP contribution < -0.4 is 5.32 Å². The number of aliphatic hydroxyl groups excluding tert-OH is 1. The van der Waals surface area contributed by atoms with E-state index in [1.165, 1.54) is 24.3 Å². The first-order valence-electron chi connectivity index (χ1n) is 10.1. The number of ketones is 1. The third kappa shape index (κ3) is 4.74. The second-order valence-electron chi connectivity index (χ2n) is 7.98. The maximum absolute atomic E-state index is 13.3. The van der Waals surface area contributed by atoms with Crippen LogP contribution in [0.15, 0.2) is 54.6 Å². The molecule has 0 unspecified atom stereocenters. The molecule has 30 heavy (non-hydrogen) atoms. The van der Waals surface area contributed by atoms with E-state index in [2.05, 4.69) is 10.2 Å². The summed E-state index contributed by atoms with van der Waals surface area (Å²) in [6.07, 6.45) is -0.563. The van der Waals surface area contributed by atoms with Crippen molar-refractivity contribution in [3.8, 4) is 0 Å². The average Bonchev–Trinajstić information content (AvgIpc) is 3.35. The van der Waals surface area contributed by atoms with Crippen molar-refractivity contribution in [3.05, 3.63) is 71.5 Å². The van der Waals surface area contributed by atoms with Gasteiger partial charge >= 0.3 is 0 Å². The normalized spacial score (nSPS) is 26.6. The quantitative estimate of drug-likeness (QED) is 0.692. The zero-order valence-corrected chi connectivity index (χ0v) is 17.4. The van der Waals surface area contributed by atoms with Crippen LogP contribution in [0.3, 0.4) is 0 Å². The number of nitrogens with zero attached hydrogens (tertiary/aromatic N) is 1. The monoisotopic (exact) mass is 428 g/mol. The first-order chi connectivity index (χ1) is 14.5. The number of halogens is 1. The van der Waals surface area contributed by atoms with Crippen molar-refractivity contribution in [1.29, 1.82) is 0 Å². The van der Waals surface area contributed by atoms with E-state index >= 15 is 0 Å². The van der Waals surface area contributed by atoms with E-state index in [4.69, 9.17) is 0 Å². The maximum Gasteiger partial charge on any atom is 0.225 e. The third-order valence-corrected chi connectivity index (χ3v) is 7.00. The number of thioether (sulfide) groups is 1. The predicted molar refractivity (Wildman–Crippen MR) is 115 cm³/mol. The Bertz CT molecular complexity index is 893. The Morgan fingerprint density at radius 3 is 2.40 bits per heavy atom. The lowest BCUT2D eigenvalue weighted by molar-refractivity contribution is -0.126. The molecule has 1 amide bonds. The van der Waals surface area contributed by atoms with Crippen molar-refractivity contribution >= 4 is 23.5 Å². The summed E-state index contributed by atoms with van der Waals surface area (Å²) in [5.74, 6) is -0.484. The summed E-state index contributed by atoms with van der Waals surface area (Å²) in [5.41, 5.74) is 1.53. The lowest BCUT2D eigenvalue weighted by atomic mass is 9.87. The molecule has 7 heteroatoms. The van der Waals surface area contributed by atoms with Crippen LogP contribution in [0.25, 0.3) is 0 Å². The molecule has 158 valence electrons. The standard InChI is InChI=1S/C23H25FN2O3S/c24-17-8-6-16(7-9-17)22(28)18-11-26(10-15-4-2-1-3-5-15)12-19(18)23(29)25-20-13-30-14-21(20)27/h1-9,18-21,27H,10-14H2,(H,25,29)/t18-,19-,20-,21+/m1/s1. The molecule has 4 atom stereocenters. The number of aliphatic hydroxyl groups is 1. The second-order valence-corrected chi connectivity index (χ2v) is 9.06. The molecule has 2 aliphatic heterocycles. The molecule has 0 aromatic heterocycles. The topological polar surface area (TPSA) is 69.6 Å². The molecule has 2 aliphatic rings. The van der Waals surface area contributed by atoms with Gasteiger partial charge in [0.1, 0.15) is 5.82 Å². The summed E-state index contributed by atoms with van der Waals surface area (Å²) >= 11 is 1.60. The Morgan fingerprint density at radius 2 is 1.73 bits per heavy atom. The highest BCUT2D eigenvalue weighted by Gasteiger charge is 2.43. The van der Waals surface area contributed by atoms with Gasteiger partial charge in [-0.05, 0) is 29.8 Å². The van der Waals surface area contributed by atoms with Crippen molar-refractivity contribution in [2.75, 3.05) is 24.6 Å². The molecule has 5 nitrogen and oxygen atoms in total. The number of likely N-dealkylation sites (tertiary alicyclic amines) is 1. The largest absolute Gasteiger partial charge is 0.390 e. The maximum atomic E-state index is 13.3. The summed E-state index contributed by atoms with van der Waals surface area (Å²) < 4.78 is 13.3. The lowest BCUT2D eigenvalue weighted by Gasteiger charge is -2.21. The van der Waals surface area contributed by atoms with Gasteiger partial charge in [-0.15, -0.1) is 0 Å². The van der Waals surface area contributed by atoms with E-state index in [1.54, 1.807) is 11.8 Å². The number of rotatable bonds is 6. The van der Waals surface area contributed by atoms with Gasteiger partial charge in [0.05, 0.1) is 18.1 Å². The van der Waals surface area contributed by atoms with Crippen molar-refractivity contribution in [2.24, 2.45) is 11.8 Å². The molecule has 0 saturated carbocycles. The molecule has 0 aliphatic carbocycles. The molecule has 2 fully saturated rings. The number of hydrogen-bond acceptors (Lipinski definition) is 5. The number of hydrogen-bond donors (Lipinski definition) is 2. The second kappa shape index (κ2) is 9.29. The SMILES string of the molecule is O=C(N[C@@H]1CSC[C@@H]1O)[C@@H]1CN(Cc2ccccc2)C[C@H]1C(=O)c1ccc(F)cc1. The summed E-state index contributed by atoms with van der Waals surface area (Å²) in [4.78, 5) is 28.4. The predicted octanol–water partition coefficient (Wildman–Crippen LogP) is 2.35. The van der Waals surface area contributed by atoms with Crippen molar-refractivity contribution in [2.45, 2.75) is 18.7 Å². The smallest absolute Gasteiger partial charge is 0.225 e. The number of Topliss-reactive ketones (excluding diaryl/α,β-unsaturated/α-hetero) is 1. The van der Waals surface area contributed by atoms with Gasteiger partial charge in [0.25, 0.3) is 0 Å². The Balaban J connectivity index is 1.52. The fourth-order valence-corrected chi connectivity index (χ4v) is 5.36. The highest BCUT2D eigenvalue weighted by atomic mass is 32.2. The highest BCUT2D eigenvalue weighted by molar-refractivity contribution is 7.99.